The van der Waals surface area contributed by atoms with Crippen molar-refractivity contribution in [2.75, 3.05) is 26.7 Å². The Balaban J connectivity index is 0.000000246. The molecule has 33 heavy (non-hydrogen) atoms. The monoisotopic (exact) mass is 452 g/mol. The number of carbonyl (C=O) groups excluding carboxylic acids is 1. The highest BCUT2D eigenvalue weighted by Gasteiger charge is 2.26. The van der Waals surface area contributed by atoms with Crippen LogP contribution in [0.5, 0.6) is 0 Å². The zero-order valence-corrected chi connectivity index (χ0v) is 20.9. The van der Waals surface area contributed by atoms with Gasteiger partial charge in [0.15, 0.2) is 5.65 Å². The van der Waals surface area contributed by atoms with Gasteiger partial charge in [-0.15, -0.1) is 0 Å². The Morgan fingerprint density at radius 2 is 1.97 bits per heavy atom. The molecule has 0 amide bonds. The molecule has 0 atom stereocenters. The second-order valence-electron chi connectivity index (χ2n) is 9.48. The molecule has 1 saturated heterocycles. The van der Waals surface area contributed by atoms with Gasteiger partial charge >= 0.3 is 0 Å². The molecule has 1 aliphatic carbocycles. The molecule has 0 radical (unpaired) electrons. The van der Waals surface area contributed by atoms with E-state index in [1.54, 1.807) is 0 Å². The minimum atomic E-state index is 0.300. The van der Waals surface area contributed by atoms with E-state index in [-0.39, 0.29) is 0 Å². The predicted molar refractivity (Wildman–Crippen MR) is 135 cm³/mol. The van der Waals surface area contributed by atoms with Crippen LogP contribution in [0.1, 0.15) is 77.0 Å². The summed E-state index contributed by atoms with van der Waals surface area (Å²) in [6.07, 6.45) is 12.1. The van der Waals surface area contributed by atoms with Crippen LogP contribution in [0.4, 0.5) is 0 Å². The quantitative estimate of drug-likeness (QED) is 0.606. The Morgan fingerprint density at radius 3 is 2.52 bits per heavy atom. The number of nitrogens with one attached hydrogen (secondary N) is 2. The molecule has 0 unspecified atom stereocenters. The number of aromatic amines is 1. The molecular weight excluding hydrogens is 412 g/mol. The molecular formula is C26H40N6O. The third kappa shape index (κ3) is 8.97. The maximum Gasteiger partial charge on any atom is 0.156 e. The van der Waals surface area contributed by atoms with Gasteiger partial charge in [-0.25, -0.2) is 9.97 Å². The average molecular weight is 453 g/mol. The lowest BCUT2D eigenvalue weighted by Gasteiger charge is -2.24. The number of carbonyl (C=O) groups is 1. The Labute approximate surface area is 198 Å². The Bertz CT molecular complexity index is 927. The van der Waals surface area contributed by atoms with E-state index in [2.05, 4.69) is 67.1 Å². The van der Waals surface area contributed by atoms with Crippen molar-refractivity contribution in [3.63, 3.8) is 0 Å². The molecule has 2 aliphatic rings. The lowest BCUT2D eigenvalue weighted by Crippen LogP contribution is -2.29. The summed E-state index contributed by atoms with van der Waals surface area (Å²) in [6.45, 7) is 11.1. The van der Waals surface area contributed by atoms with Gasteiger partial charge in [0.2, 0.25) is 0 Å². The molecule has 3 heterocycles. The van der Waals surface area contributed by atoms with Gasteiger partial charge in [-0.05, 0) is 58.2 Å². The molecule has 2 N–H and O–H groups in total. The van der Waals surface area contributed by atoms with E-state index < -0.39 is 0 Å². The second-order valence-corrected chi connectivity index (χ2v) is 9.48. The number of aldehydes is 1. The molecule has 0 spiro atoms. The number of aromatic nitrogens is 3. The SMILES string of the molecule is CC(C)C.CC/C=C(/NCC=O)c1c[nH]c2ncc(C3CC3)nc12.CN1CCC(C#N)CC1. The van der Waals surface area contributed by atoms with Crippen molar-refractivity contribution in [3.05, 3.63) is 29.7 Å². The fraction of sp³-hybridized carbons (Fsp3) is 0.615. The predicted octanol–water partition coefficient (Wildman–Crippen LogP) is 4.89. The lowest BCUT2D eigenvalue weighted by atomic mass is 9.99. The van der Waals surface area contributed by atoms with Crippen LogP contribution in [-0.2, 0) is 4.79 Å². The van der Waals surface area contributed by atoms with Gasteiger partial charge in [0, 0.05) is 29.3 Å². The Morgan fingerprint density at radius 1 is 1.30 bits per heavy atom. The van der Waals surface area contributed by atoms with Crippen LogP contribution in [0, 0.1) is 23.2 Å². The van der Waals surface area contributed by atoms with Gasteiger partial charge in [-0.1, -0.05) is 33.8 Å². The molecule has 1 saturated carbocycles. The number of allylic oxidation sites excluding steroid dienone is 1. The summed E-state index contributed by atoms with van der Waals surface area (Å²) in [5.41, 5.74) is 4.67. The first-order chi connectivity index (χ1) is 15.9. The van der Waals surface area contributed by atoms with Gasteiger partial charge in [-0.3, -0.25) is 0 Å². The number of rotatable bonds is 6. The highest BCUT2D eigenvalue weighted by Crippen LogP contribution is 2.39. The van der Waals surface area contributed by atoms with E-state index in [4.69, 9.17) is 10.2 Å². The van der Waals surface area contributed by atoms with Crippen molar-refractivity contribution in [2.24, 2.45) is 11.8 Å². The lowest BCUT2D eigenvalue weighted by molar-refractivity contribution is -0.107. The van der Waals surface area contributed by atoms with E-state index in [1.807, 2.05) is 12.4 Å². The number of hydrogen-bond donors (Lipinski definition) is 2. The summed E-state index contributed by atoms with van der Waals surface area (Å²) < 4.78 is 0. The van der Waals surface area contributed by atoms with E-state index >= 15 is 0 Å². The van der Waals surface area contributed by atoms with E-state index in [0.717, 1.165) is 72.7 Å². The minimum absolute atomic E-state index is 0.300. The molecule has 4 rings (SSSR count). The van der Waals surface area contributed by atoms with Crippen molar-refractivity contribution in [1.82, 2.24) is 25.2 Å². The maximum absolute atomic E-state index is 10.6. The highest BCUT2D eigenvalue weighted by atomic mass is 16.1. The maximum atomic E-state index is 10.6. The number of piperidine rings is 1. The van der Waals surface area contributed by atoms with Gasteiger partial charge in [0.25, 0.3) is 0 Å². The van der Waals surface area contributed by atoms with Crippen LogP contribution in [0.25, 0.3) is 16.9 Å². The first kappa shape index (κ1) is 26.5. The zero-order chi connectivity index (χ0) is 24.2. The Hall–Kier alpha value is -2.72. The number of nitrogens with zero attached hydrogens (tertiary/aromatic N) is 4. The highest BCUT2D eigenvalue weighted by molar-refractivity contribution is 5.87. The number of nitriles is 1. The van der Waals surface area contributed by atoms with Crippen LogP contribution in [0.2, 0.25) is 0 Å². The molecule has 2 fully saturated rings. The summed E-state index contributed by atoms with van der Waals surface area (Å²) in [5.74, 6) is 1.75. The largest absolute Gasteiger partial charge is 0.378 e. The first-order valence-electron chi connectivity index (χ1n) is 12.2. The molecule has 7 nitrogen and oxygen atoms in total. The number of H-pyrrole nitrogens is 1. The molecule has 2 aromatic rings. The van der Waals surface area contributed by atoms with Crippen molar-refractivity contribution < 1.29 is 4.79 Å². The van der Waals surface area contributed by atoms with Crippen molar-refractivity contribution in [2.45, 2.75) is 65.7 Å². The van der Waals surface area contributed by atoms with E-state index in [9.17, 15) is 4.79 Å². The van der Waals surface area contributed by atoms with Crippen LogP contribution >= 0.6 is 0 Å². The summed E-state index contributed by atoms with van der Waals surface area (Å²) >= 11 is 0. The van der Waals surface area contributed by atoms with Gasteiger partial charge in [0.05, 0.1) is 24.5 Å². The first-order valence-corrected chi connectivity index (χ1v) is 12.2. The Kier molecular flexibility index (Phi) is 11.0. The molecule has 2 aromatic heterocycles. The summed E-state index contributed by atoms with van der Waals surface area (Å²) in [5, 5.41) is 11.6. The standard InChI is InChI=1S/C15H18N4O.C7H12N2.C4H10/c1-2-3-12(16-6-7-20)11-8-17-15-14(11)19-13(9-18-15)10-4-5-10;1-9-4-2-7(6-8)3-5-9;1-4(2)3/h3,7-10,16H,2,4-6H2,1H3,(H,17,18);7H,2-5H2,1H3;4H,1-3H3/b12-3+;;. The van der Waals surface area contributed by atoms with Crippen molar-refractivity contribution in [3.8, 4) is 6.07 Å². The van der Waals surface area contributed by atoms with Crippen LogP contribution < -0.4 is 5.32 Å². The molecule has 0 bridgehead atoms. The smallest absolute Gasteiger partial charge is 0.156 e. The van der Waals surface area contributed by atoms with Crippen molar-refractivity contribution >= 4 is 23.1 Å². The van der Waals surface area contributed by atoms with Crippen LogP contribution in [-0.4, -0.2) is 52.8 Å². The topological polar surface area (TPSA) is 97.7 Å². The van der Waals surface area contributed by atoms with Crippen LogP contribution in [0.15, 0.2) is 18.5 Å². The normalized spacial score (nSPS) is 16.9. The third-order valence-corrected chi connectivity index (χ3v) is 5.37. The summed E-state index contributed by atoms with van der Waals surface area (Å²) in [7, 11) is 2.10. The molecule has 0 aromatic carbocycles. The average Bonchev–Trinajstić information content (AvgIpc) is 3.57. The van der Waals surface area contributed by atoms with Crippen LogP contribution in [0.3, 0.4) is 0 Å². The fourth-order valence-corrected chi connectivity index (χ4v) is 3.46. The van der Waals surface area contributed by atoms with Gasteiger partial charge < -0.3 is 20.0 Å². The number of likely N-dealkylation sites (tertiary alicyclic amines) is 1. The summed E-state index contributed by atoms with van der Waals surface area (Å²) in [6, 6.07) is 2.30. The van der Waals surface area contributed by atoms with E-state index in [0.29, 0.717) is 18.4 Å². The fourth-order valence-electron chi connectivity index (χ4n) is 3.46. The second kappa shape index (κ2) is 13.7. The van der Waals surface area contributed by atoms with Crippen molar-refractivity contribution in [1.29, 1.82) is 5.26 Å². The molecule has 1 aliphatic heterocycles. The van der Waals surface area contributed by atoms with E-state index in [1.165, 1.54) is 12.8 Å². The minimum Gasteiger partial charge on any atom is -0.378 e. The summed E-state index contributed by atoms with van der Waals surface area (Å²) in [4.78, 5) is 25.2. The number of hydrogen-bond acceptors (Lipinski definition) is 6. The number of fused-ring (bicyclic) bond motifs is 1. The van der Waals surface area contributed by atoms with Gasteiger partial charge in [-0.2, -0.15) is 5.26 Å². The molecule has 180 valence electrons. The molecule has 7 heteroatoms. The third-order valence-electron chi connectivity index (χ3n) is 5.37. The van der Waals surface area contributed by atoms with Gasteiger partial charge in [0.1, 0.15) is 11.8 Å². The zero-order valence-electron chi connectivity index (χ0n) is 20.9.